The molecular formula is C15H13ClN2O5. The number of aryl methyl sites for hydroxylation is 1. The summed E-state index contributed by atoms with van der Waals surface area (Å²) in [6.07, 6.45) is 0. The lowest BCUT2D eigenvalue weighted by atomic mass is 10.2. The number of halogens is 1. The first-order chi connectivity index (χ1) is 10.8. The van der Waals surface area contributed by atoms with Gasteiger partial charge in [0.1, 0.15) is 22.8 Å². The second kappa shape index (κ2) is 6.53. The van der Waals surface area contributed by atoms with Gasteiger partial charge < -0.3 is 14.6 Å². The maximum absolute atomic E-state index is 12.0. The monoisotopic (exact) mass is 336 g/mol. The summed E-state index contributed by atoms with van der Waals surface area (Å²) in [5, 5.41) is 23.4. The highest BCUT2D eigenvalue weighted by Crippen LogP contribution is 2.21. The van der Waals surface area contributed by atoms with E-state index in [0.717, 1.165) is 0 Å². The molecular weight excluding hydrogens is 324 g/mol. The van der Waals surface area contributed by atoms with Crippen molar-refractivity contribution in [2.45, 2.75) is 13.8 Å². The molecule has 7 nitrogen and oxygen atoms in total. The molecule has 0 aliphatic rings. The number of carbonyl (C=O) groups excluding carboxylic acids is 1. The lowest BCUT2D eigenvalue weighted by Gasteiger charge is -2.06. The Balaban J connectivity index is 2.28. The molecule has 0 atom stereocenters. The van der Waals surface area contributed by atoms with Gasteiger partial charge in [-0.15, -0.1) is 0 Å². The molecule has 0 unspecified atom stereocenters. The van der Waals surface area contributed by atoms with Gasteiger partial charge in [-0.2, -0.15) is 5.10 Å². The van der Waals surface area contributed by atoms with Crippen molar-refractivity contribution >= 4 is 23.2 Å². The summed E-state index contributed by atoms with van der Waals surface area (Å²) < 4.78 is 4.87. The van der Waals surface area contributed by atoms with Crippen molar-refractivity contribution in [3.8, 4) is 11.5 Å². The predicted molar refractivity (Wildman–Crippen MR) is 84.2 cm³/mol. The molecule has 0 saturated carbocycles. The second-order valence-corrected chi connectivity index (χ2v) is 5.14. The largest absolute Gasteiger partial charge is 0.507 e. The molecule has 120 valence electrons. The highest BCUT2D eigenvalue weighted by atomic mass is 35.5. The molecule has 0 aliphatic carbocycles. The molecule has 2 rings (SSSR count). The standard InChI is InChI=1S/C15H13ClN2O5/c1-7-5-12(20)13(15(22)23-7)8(2)17-18-14(21)10-6-9(16)3-4-11(10)19/h3-6,19-20H,1-2H3,(H,18,21). The number of hydrogen-bond acceptors (Lipinski definition) is 6. The zero-order valence-corrected chi connectivity index (χ0v) is 13.0. The van der Waals surface area contributed by atoms with Crippen molar-refractivity contribution in [3.05, 3.63) is 56.6 Å². The fourth-order valence-electron chi connectivity index (χ4n) is 1.87. The molecule has 0 saturated heterocycles. The number of carbonyl (C=O) groups is 1. The Bertz CT molecular complexity index is 857. The number of rotatable bonds is 3. The highest BCUT2D eigenvalue weighted by molar-refractivity contribution is 6.31. The SMILES string of the molecule is CC(=NNC(=O)c1cc(Cl)ccc1O)c1c(O)cc(C)oc1=O. The summed E-state index contributed by atoms with van der Waals surface area (Å²) >= 11 is 5.76. The molecule has 3 N–H and O–H groups in total. The van der Waals surface area contributed by atoms with Crippen molar-refractivity contribution in [2.24, 2.45) is 5.10 Å². The van der Waals surface area contributed by atoms with Gasteiger partial charge in [-0.25, -0.2) is 10.2 Å². The summed E-state index contributed by atoms with van der Waals surface area (Å²) in [4.78, 5) is 23.7. The van der Waals surface area contributed by atoms with Crippen LogP contribution in [0.3, 0.4) is 0 Å². The molecule has 23 heavy (non-hydrogen) atoms. The molecule has 0 radical (unpaired) electrons. The molecule has 0 spiro atoms. The first-order valence-electron chi connectivity index (χ1n) is 6.47. The van der Waals surface area contributed by atoms with Crippen LogP contribution in [-0.2, 0) is 0 Å². The smallest absolute Gasteiger partial charge is 0.348 e. The Morgan fingerprint density at radius 3 is 2.61 bits per heavy atom. The third-order valence-electron chi connectivity index (χ3n) is 2.94. The summed E-state index contributed by atoms with van der Waals surface area (Å²) in [5.41, 5.74) is 1.21. The van der Waals surface area contributed by atoms with Crippen molar-refractivity contribution < 1.29 is 19.4 Å². The number of nitrogens with one attached hydrogen (secondary N) is 1. The zero-order chi connectivity index (χ0) is 17.1. The van der Waals surface area contributed by atoms with Crippen LogP contribution in [0.15, 0.2) is 38.6 Å². The fraction of sp³-hybridized carbons (Fsp3) is 0.133. The Hall–Kier alpha value is -2.80. The van der Waals surface area contributed by atoms with E-state index in [1.807, 2.05) is 0 Å². The maximum Gasteiger partial charge on any atom is 0.348 e. The van der Waals surface area contributed by atoms with E-state index in [1.165, 1.54) is 38.1 Å². The third kappa shape index (κ3) is 3.70. The van der Waals surface area contributed by atoms with Crippen LogP contribution in [0.2, 0.25) is 5.02 Å². The molecule has 0 fully saturated rings. The Labute approximate surface area is 135 Å². The number of hydrogen-bond donors (Lipinski definition) is 3. The lowest BCUT2D eigenvalue weighted by Crippen LogP contribution is -2.21. The number of benzene rings is 1. The zero-order valence-electron chi connectivity index (χ0n) is 12.3. The Kier molecular flexibility index (Phi) is 4.71. The molecule has 0 bridgehead atoms. The highest BCUT2D eigenvalue weighted by Gasteiger charge is 2.15. The van der Waals surface area contributed by atoms with E-state index in [9.17, 15) is 19.8 Å². The van der Waals surface area contributed by atoms with Crippen LogP contribution in [0.25, 0.3) is 0 Å². The molecule has 1 aromatic carbocycles. The van der Waals surface area contributed by atoms with Crippen LogP contribution < -0.4 is 11.1 Å². The van der Waals surface area contributed by atoms with Gasteiger partial charge in [0.25, 0.3) is 5.91 Å². The van der Waals surface area contributed by atoms with Gasteiger partial charge in [0, 0.05) is 11.1 Å². The average molecular weight is 337 g/mol. The number of hydrazone groups is 1. The molecule has 1 aromatic heterocycles. The van der Waals surface area contributed by atoms with Crippen molar-refractivity contribution in [1.82, 2.24) is 5.43 Å². The molecule has 8 heteroatoms. The van der Waals surface area contributed by atoms with Crippen LogP contribution in [0.4, 0.5) is 0 Å². The summed E-state index contributed by atoms with van der Waals surface area (Å²) in [7, 11) is 0. The Morgan fingerprint density at radius 1 is 1.26 bits per heavy atom. The Morgan fingerprint density at radius 2 is 1.96 bits per heavy atom. The summed E-state index contributed by atoms with van der Waals surface area (Å²) in [6.45, 7) is 2.93. The van der Waals surface area contributed by atoms with Crippen LogP contribution in [0, 0.1) is 6.92 Å². The van der Waals surface area contributed by atoms with Crippen molar-refractivity contribution in [3.63, 3.8) is 0 Å². The normalized spacial score (nSPS) is 11.3. The van der Waals surface area contributed by atoms with E-state index in [2.05, 4.69) is 10.5 Å². The quantitative estimate of drug-likeness (QED) is 0.587. The predicted octanol–water partition coefficient (Wildman–Crippen LogP) is 2.17. The average Bonchev–Trinajstić information content (AvgIpc) is 2.46. The van der Waals surface area contributed by atoms with Gasteiger partial charge in [-0.1, -0.05) is 11.6 Å². The van der Waals surface area contributed by atoms with E-state index in [4.69, 9.17) is 16.0 Å². The van der Waals surface area contributed by atoms with Crippen LogP contribution in [0.1, 0.15) is 28.6 Å². The fourth-order valence-corrected chi connectivity index (χ4v) is 2.04. The van der Waals surface area contributed by atoms with Crippen molar-refractivity contribution in [2.75, 3.05) is 0 Å². The molecule has 2 aromatic rings. The van der Waals surface area contributed by atoms with E-state index < -0.39 is 11.5 Å². The lowest BCUT2D eigenvalue weighted by molar-refractivity contribution is 0.0952. The minimum absolute atomic E-state index is 0.0473. The minimum atomic E-state index is -0.774. The number of aromatic hydroxyl groups is 2. The van der Waals surface area contributed by atoms with E-state index in [0.29, 0.717) is 0 Å². The second-order valence-electron chi connectivity index (χ2n) is 4.70. The van der Waals surface area contributed by atoms with Crippen molar-refractivity contribution in [1.29, 1.82) is 0 Å². The van der Waals surface area contributed by atoms with Gasteiger partial charge in [0.05, 0.1) is 11.3 Å². The van der Waals surface area contributed by atoms with E-state index >= 15 is 0 Å². The number of phenols is 1. The van der Waals surface area contributed by atoms with Gasteiger partial charge in [-0.05, 0) is 32.0 Å². The number of phenolic OH excluding ortho intramolecular Hbond substituents is 1. The molecule has 0 aliphatic heterocycles. The van der Waals surface area contributed by atoms with Crippen LogP contribution in [0.5, 0.6) is 11.5 Å². The minimum Gasteiger partial charge on any atom is -0.507 e. The summed E-state index contributed by atoms with van der Waals surface area (Å²) in [5.74, 6) is -1.05. The van der Waals surface area contributed by atoms with Crippen LogP contribution in [-0.4, -0.2) is 21.8 Å². The third-order valence-corrected chi connectivity index (χ3v) is 3.18. The number of amides is 1. The molecule has 1 amide bonds. The van der Waals surface area contributed by atoms with Gasteiger partial charge in [-0.3, -0.25) is 4.79 Å². The first kappa shape index (κ1) is 16.6. The summed E-state index contributed by atoms with van der Waals surface area (Å²) in [6, 6.07) is 5.24. The topological polar surface area (TPSA) is 112 Å². The molecule has 1 heterocycles. The van der Waals surface area contributed by atoms with Gasteiger partial charge in [0.15, 0.2) is 0 Å². The number of nitrogens with zero attached hydrogens (tertiary/aromatic N) is 1. The first-order valence-corrected chi connectivity index (χ1v) is 6.84. The van der Waals surface area contributed by atoms with Gasteiger partial charge >= 0.3 is 5.63 Å². The van der Waals surface area contributed by atoms with Gasteiger partial charge in [0.2, 0.25) is 0 Å². The van der Waals surface area contributed by atoms with E-state index in [-0.39, 0.29) is 39.1 Å². The maximum atomic E-state index is 12.0. The van der Waals surface area contributed by atoms with E-state index in [1.54, 1.807) is 0 Å². The van der Waals surface area contributed by atoms with Crippen LogP contribution >= 0.6 is 11.6 Å².